The van der Waals surface area contributed by atoms with Crippen LogP contribution in [-0.2, 0) is 4.79 Å². The average Bonchev–Trinajstić information content (AvgIpc) is 2.59. The number of carboxylic acids is 1. The summed E-state index contributed by atoms with van der Waals surface area (Å²) in [6.45, 7) is -0.470. The molecule has 0 amide bonds. The van der Waals surface area contributed by atoms with Crippen LogP contribution in [0.25, 0.3) is 6.08 Å². The van der Waals surface area contributed by atoms with Crippen LogP contribution in [0.15, 0.2) is 48.5 Å². The van der Waals surface area contributed by atoms with E-state index in [9.17, 15) is 19.7 Å². The summed E-state index contributed by atoms with van der Waals surface area (Å²) in [5, 5.41) is 19.4. The summed E-state index contributed by atoms with van der Waals surface area (Å²) in [5.41, 5.74) is 0.587. The Balaban J connectivity index is 2.08. The van der Waals surface area contributed by atoms with Crippen molar-refractivity contribution in [2.75, 3.05) is 6.61 Å². The number of carbonyl (C=O) groups excluding carboxylic acids is 1. The smallest absolute Gasteiger partial charge is 0.341 e. The second-order valence-corrected chi connectivity index (χ2v) is 5.28. The van der Waals surface area contributed by atoms with Gasteiger partial charge >= 0.3 is 5.97 Å². The van der Waals surface area contributed by atoms with Gasteiger partial charge in [-0.25, -0.2) is 4.79 Å². The molecule has 0 saturated heterocycles. The summed E-state index contributed by atoms with van der Waals surface area (Å²) in [4.78, 5) is 32.8. The van der Waals surface area contributed by atoms with Crippen LogP contribution in [0.4, 0.5) is 5.69 Å². The zero-order valence-corrected chi connectivity index (χ0v) is 13.5. The van der Waals surface area contributed by atoms with Crippen molar-refractivity contribution in [1.82, 2.24) is 0 Å². The van der Waals surface area contributed by atoms with Crippen LogP contribution in [0.5, 0.6) is 5.75 Å². The number of nitro groups is 1. The van der Waals surface area contributed by atoms with Crippen LogP contribution >= 0.6 is 11.6 Å². The van der Waals surface area contributed by atoms with Crippen molar-refractivity contribution in [2.24, 2.45) is 0 Å². The molecule has 0 atom stereocenters. The van der Waals surface area contributed by atoms with E-state index in [-0.39, 0.29) is 16.5 Å². The fourth-order valence-corrected chi connectivity index (χ4v) is 2.09. The highest BCUT2D eigenvalue weighted by atomic mass is 35.5. The number of carbonyl (C=O) groups is 2. The first-order valence-electron chi connectivity index (χ1n) is 6.98. The minimum atomic E-state index is -1.10. The summed E-state index contributed by atoms with van der Waals surface area (Å²) in [6.07, 6.45) is 2.72. The minimum absolute atomic E-state index is 0.0189. The van der Waals surface area contributed by atoms with E-state index in [4.69, 9.17) is 21.4 Å². The number of allylic oxidation sites excluding steroid dienone is 1. The van der Waals surface area contributed by atoms with Crippen molar-refractivity contribution in [3.8, 4) is 5.75 Å². The number of nitro benzene ring substituents is 1. The van der Waals surface area contributed by atoms with Gasteiger partial charge in [0.25, 0.3) is 5.69 Å². The van der Waals surface area contributed by atoms with Crippen molar-refractivity contribution < 1.29 is 24.4 Å². The van der Waals surface area contributed by atoms with Gasteiger partial charge in [-0.2, -0.15) is 0 Å². The van der Waals surface area contributed by atoms with Crippen LogP contribution in [0.2, 0.25) is 5.02 Å². The van der Waals surface area contributed by atoms with Crippen molar-refractivity contribution >= 4 is 35.1 Å². The predicted octanol–water partition coefficient (Wildman–Crippen LogP) is 3.61. The lowest BCUT2D eigenvalue weighted by molar-refractivity contribution is -0.384. The Morgan fingerprint density at radius 1 is 1.20 bits per heavy atom. The molecule has 25 heavy (non-hydrogen) atoms. The van der Waals surface area contributed by atoms with Gasteiger partial charge in [0.05, 0.1) is 4.92 Å². The Hall–Kier alpha value is -3.19. The average molecular weight is 362 g/mol. The van der Waals surface area contributed by atoms with E-state index in [1.54, 1.807) is 6.07 Å². The third-order valence-corrected chi connectivity index (χ3v) is 3.41. The van der Waals surface area contributed by atoms with Crippen LogP contribution < -0.4 is 4.74 Å². The first-order chi connectivity index (χ1) is 11.9. The van der Waals surface area contributed by atoms with E-state index >= 15 is 0 Å². The third-order valence-electron chi connectivity index (χ3n) is 3.10. The molecular formula is C17H12ClNO6. The van der Waals surface area contributed by atoms with Crippen molar-refractivity contribution in [3.63, 3.8) is 0 Å². The number of benzene rings is 2. The van der Waals surface area contributed by atoms with E-state index < -0.39 is 17.5 Å². The molecule has 8 heteroatoms. The van der Waals surface area contributed by atoms with Gasteiger partial charge in [0.2, 0.25) is 0 Å². The second-order valence-electron chi connectivity index (χ2n) is 4.87. The molecule has 0 bridgehead atoms. The summed E-state index contributed by atoms with van der Waals surface area (Å²) in [6, 6.07) is 10.2. The molecule has 0 aliphatic rings. The van der Waals surface area contributed by atoms with Gasteiger partial charge < -0.3 is 9.84 Å². The highest BCUT2D eigenvalue weighted by molar-refractivity contribution is 6.32. The fraction of sp³-hybridized carbons (Fsp3) is 0.0588. The Morgan fingerprint density at radius 2 is 1.88 bits per heavy atom. The van der Waals surface area contributed by atoms with E-state index in [1.165, 1.54) is 48.6 Å². The van der Waals surface area contributed by atoms with Gasteiger partial charge in [0, 0.05) is 11.6 Å². The molecule has 0 heterocycles. The standard InChI is InChI=1S/C17H12ClNO6/c18-14-7-1-11(9-15(14)19(23)24)2-8-16(20)12-3-5-13(6-4-12)25-10-17(21)22/h1-9H,10H2,(H,21,22). The summed E-state index contributed by atoms with van der Waals surface area (Å²) >= 11 is 5.73. The van der Waals surface area contributed by atoms with Crippen molar-refractivity contribution in [2.45, 2.75) is 0 Å². The molecule has 0 fully saturated rings. The molecule has 128 valence electrons. The van der Waals surface area contributed by atoms with E-state index in [0.717, 1.165) is 0 Å². The molecule has 0 aromatic heterocycles. The monoisotopic (exact) mass is 361 g/mol. The third kappa shape index (κ3) is 5.15. The molecular weight excluding hydrogens is 350 g/mol. The zero-order valence-electron chi connectivity index (χ0n) is 12.7. The van der Waals surface area contributed by atoms with Gasteiger partial charge in [-0.1, -0.05) is 23.7 Å². The number of ether oxygens (including phenoxy) is 1. The highest BCUT2D eigenvalue weighted by Gasteiger charge is 2.12. The van der Waals surface area contributed by atoms with Crippen LogP contribution in [0, 0.1) is 10.1 Å². The first-order valence-corrected chi connectivity index (χ1v) is 7.35. The van der Waals surface area contributed by atoms with Crippen LogP contribution in [-0.4, -0.2) is 28.4 Å². The molecule has 7 nitrogen and oxygen atoms in total. The maximum Gasteiger partial charge on any atom is 0.341 e. The van der Waals surface area contributed by atoms with E-state index in [0.29, 0.717) is 16.9 Å². The SMILES string of the molecule is O=C(O)COc1ccc(C(=O)C=Cc2ccc(Cl)c([N+](=O)[O-])c2)cc1. The molecule has 2 aromatic carbocycles. The topological polar surface area (TPSA) is 107 Å². The number of hydrogen-bond donors (Lipinski definition) is 1. The molecule has 0 aliphatic carbocycles. The number of aliphatic carboxylic acids is 1. The van der Waals surface area contributed by atoms with Gasteiger partial charge in [-0.3, -0.25) is 14.9 Å². The number of rotatable bonds is 7. The maximum atomic E-state index is 12.1. The summed E-state index contributed by atoms with van der Waals surface area (Å²) in [5.74, 6) is -1.08. The van der Waals surface area contributed by atoms with Gasteiger partial charge in [0.15, 0.2) is 12.4 Å². The van der Waals surface area contributed by atoms with Gasteiger partial charge in [0.1, 0.15) is 10.8 Å². The lowest BCUT2D eigenvalue weighted by atomic mass is 10.1. The minimum Gasteiger partial charge on any atom is -0.482 e. The normalized spacial score (nSPS) is 10.6. The van der Waals surface area contributed by atoms with Gasteiger partial charge in [-0.15, -0.1) is 0 Å². The highest BCUT2D eigenvalue weighted by Crippen LogP contribution is 2.25. The number of ketones is 1. The van der Waals surface area contributed by atoms with Gasteiger partial charge in [-0.05, 0) is 42.0 Å². The fourth-order valence-electron chi connectivity index (χ4n) is 1.90. The molecule has 0 unspecified atom stereocenters. The van der Waals surface area contributed by atoms with E-state index in [2.05, 4.69) is 0 Å². The van der Waals surface area contributed by atoms with Crippen molar-refractivity contribution in [3.05, 3.63) is 74.8 Å². The second kappa shape index (κ2) is 8.07. The van der Waals surface area contributed by atoms with E-state index in [1.807, 2.05) is 0 Å². The lowest BCUT2D eigenvalue weighted by Crippen LogP contribution is -2.09. The quantitative estimate of drug-likeness (QED) is 0.349. The van der Waals surface area contributed by atoms with Crippen LogP contribution in [0.1, 0.15) is 15.9 Å². The zero-order chi connectivity index (χ0) is 18.4. The first kappa shape index (κ1) is 18.2. The van der Waals surface area contributed by atoms with Crippen molar-refractivity contribution in [1.29, 1.82) is 0 Å². The largest absolute Gasteiger partial charge is 0.482 e. The lowest BCUT2D eigenvalue weighted by Gasteiger charge is -2.03. The number of nitrogens with zero attached hydrogens (tertiary/aromatic N) is 1. The summed E-state index contributed by atoms with van der Waals surface area (Å²) < 4.78 is 4.97. The molecule has 0 spiro atoms. The maximum absolute atomic E-state index is 12.1. The number of carboxylic acid groups (broad SMARTS) is 1. The molecule has 0 aliphatic heterocycles. The predicted molar refractivity (Wildman–Crippen MR) is 91.0 cm³/mol. The summed E-state index contributed by atoms with van der Waals surface area (Å²) in [7, 11) is 0. The molecule has 2 aromatic rings. The Labute approximate surface area is 147 Å². The number of hydrogen-bond acceptors (Lipinski definition) is 5. The molecule has 2 rings (SSSR count). The molecule has 0 radical (unpaired) electrons. The molecule has 1 N–H and O–H groups in total. The Kier molecular flexibility index (Phi) is 5.86. The van der Waals surface area contributed by atoms with Crippen LogP contribution in [0.3, 0.4) is 0 Å². The Bertz CT molecular complexity index is 845. The number of halogens is 1. The molecule has 0 saturated carbocycles. The Morgan fingerprint density at radius 3 is 2.48 bits per heavy atom.